The molecule has 3 aliphatic carbocycles. The normalized spacial score (nSPS) is 26.0. The molecule has 2 N–H and O–H groups in total. The molecule has 0 spiro atoms. The number of halogens is 3. The second kappa shape index (κ2) is 9.29. The molecule has 3 fully saturated rings. The molecule has 5 nitrogen and oxygen atoms in total. The minimum absolute atomic E-state index is 0.00530. The summed E-state index contributed by atoms with van der Waals surface area (Å²) in [6.45, 7) is 2.20. The number of carbonyl (C=O) groups is 2. The van der Waals surface area contributed by atoms with Crippen LogP contribution >= 0.6 is 11.6 Å². The molecule has 2 aromatic rings. The van der Waals surface area contributed by atoms with Crippen LogP contribution < -0.4 is 15.4 Å². The molecule has 0 saturated heterocycles. The Morgan fingerprint density at radius 1 is 1.09 bits per heavy atom. The molecule has 2 amide bonds. The summed E-state index contributed by atoms with van der Waals surface area (Å²) >= 11 is 5.67. The van der Waals surface area contributed by atoms with E-state index in [2.05, 4.69) is 17.6 Å². The van der Waals surface area contributed by atoms with Crippen LogP contribution in [0.4, 0.5) is 8.78 Å². The average Bonchev–Trinajstić information content (AvgIpc) is 2.80. The van der Waals surface area contributed by atoms with E-state index in [1.165, 1.54) is 24.3 Å². The zero-order valence-corrected chi connectivity index (χ0v) is 19.2. The van der Waals surface area contributed by atoms with Gasteiger partial charge in [-0.15, -0.1) is 0 Å². The summed E-state index contributed by atoms with van der Waals surface area (Å²) in [7, 11) is 0. The van der Waals surface area contributed by atoms with Gasteiger partial charge in [0.05, 0.1) is 10.4 Å². The quantitative estimate of drug-likeness (QED) is 0.605. The summed E-state index contributed by atoms with van der Waals surface area (Å²) in [5, 5.41) is 6.14. The molecule has 0 radical (unpaired) electrons. The molecule has 0 aliphatic heterocycles. The largest absolute Gasteiger partial charge is 0.484 e. The second-order valence-corrected chi connectivity index (χ2v) is 9.67. The first-order chi connectivity index (χ1) is 15.7. The van der Waals surface area contributed by atoms with E-state index in [0.717, 1.165) is 11.6 Å². The van der Waals surface area contributed by atoms with Gasteiger partial charge in [0.2, 0.25) is 5.91 Å². The minimum atomic E-state index is -0.601. The van der Waals surface area contributed by atoms with Gasteiger partial charge in [-0.1, -0.05) is 30.7 Å². The third-order valence-electron chi connectivity index (χ3n) is 7.22. The number of amides is 2. The van der Waals surface area contributed by atoms with Gasteiger partial charge in [0.15, 0.2) is 6.61 Å². The number of fused-ring (bicyclic) bond motifs is 3. The van der Waals surface area contributed by atoms with Crippen LogP contribution in [0.3, 0.4) is 0 Å². The molecule has 1 unspecified atom stereocenters. The lowest BCUT2D eigenvalue weighted by Crippen LogP contribution is -2.63. The predicted molar refractivity (Wildman–Crippen MR) is 121 cm³/mol. The minimum Gasteiger partial charge on any atom is -0.484 e. The van der Waals surface area contributed by atoms with Gasteiger partial charge in [0, 0.05) is 18.2 Å². The third-order valence-corrected chi connectivity index (χ3v) is 7.53. The zero-order chi connectivity index (χ0) is 23.6. The number of ether oxygens (including phenoxy) is 1. The Labute approximate surface area is 196 Å². The standard InChI is InChI=1S/C25H27ClF2N2O3/c1-16-13-24(30-22(31)15-33-19-6-7-20(26)21(28)12-19)8-10-25(16,11-9-24)23(32)29-14-17-2-4-18(27)5-3-17/h2-7,12,16H,8-11,13-15H2,1H3,(H,29,32)(H,30,31). The van der Waals surface area contributed by atoms with Crippen molar-refractivity contribution in [1.29, 1.82) is 0 Å². The van der Waals surface area contributed by atoms with Crippen LogP contribution in [0.2, 0.25) is 5.02 Å². The van der Waals surface area contributed by atoms with E-state index in [1.807, 2.05) is 0 Å². The number of rotatable bonds is 7. The van der Waals surface area contributed by atoms with E-state index in [1.54, 1.807) is 12.1 Å². The summed E-state index contributed by atoms with van der Waals surface area (Å²) in [6.07, 6.45) is 3.50. The Morgan fingerprint density at radius 3 is 2.42 bits per heavy atom. The molecular weight excluding hydrogens is 450 g/mol. The summed E-state index contributed by atoms with van der Waals surface area (Å²) in [6, 6.07) is 10.1. The smallest absolute Gasteiger partial charge is 0.258 e. The van der Waals surface area contributed by atoms with Crippen LogP contribution in [0, 0.1) is 23.0 Å². The van der Waals surface area contributed by atoms with E-state index in [-0.39, 0.29) is 46.5 Å². The van der Waals surface area contributed by atoms with Crippen molar-refractivity contribution in [3.8, 4) is 5.75 Å². The van der Waals surface area contributed by atoms with Crippen LogP contribution in [0.15, 0.2) is 42.5 Å². The van der Waals surface area contributed by atoms with Crippen LogP contribution in [-0.4, -0.2) is 24.0 Å². The van der Waals surface area contributed by atoms with Gasteiger partial charge in [-0.05, 0) is 67.9 Å². The highest BCUT2D eigenvalue weighted by molar-refractivity contribution is 6.30. The molecule has 5 rings (SSSR count). The van der Waals surface area contributed by atoms with Gasteiger partial charge in [0.25, 0.3) is 5.91 Å². The monoisotopic (exact) mass is 476 g/mol. The molecule has 2 aromatic carbocycles. The Kier molecular flexibility index (Phi) is 6.61. The van der Waals surface area contributed by atoms with Crippen LogP contribution in [-0.2, 0) is 16.1 Å². The van der Waals surface area contributed by atoms with Crippen molar-refractivity contribution in [2.75, 3.05) is 6.61 Å². The summed E-state index contributed by atoms with van der Waals surface area (Å²) < 4.78 is 32.1. The van der Waals surface area contributed by atoms with Crippen molar-refractivity contribution in [2.45, 2.75) is 51.1 Å². The highest BCUT2D eigenvalue weighted by atomic mass is 35.5. The fourth-order valence-corrected chi connectivity index (χ4v) is 5.41. The number of hydrogen-bond acceptors (Lipinski definition) is 3. The molecule has 2 bridgehead atoms. The Bertz CT molecular complexity index is 1040. The van der Waals surface area contributed by atoms with Crippen molar-refractivity contribution >= 4 is 23.4 Å². The van der Waals surface area contributed by atoms with Gasteiger partial charge in [0.1, 0.15) is 17.4 Å². The molecular formula is C25H27ClF2N2O3. The fraction of sp³-hybridized carbons (Fsp3) is 0.440. The maximum Gasteiger partial charge on any atom is 0.258 e. The van der Waals surface area contributed by atoms with Crippen molar-refractivity contribution in [3.05, 3.63) is 64.7 Å². The summed E-state index contributed by atoms with van der Waals surface area (Å²) in [4.78, 5) is 25.7. The van der Waals surface area contributed by atoms with E-state index in [9.17, 15) is 18.4 Å². The lowest BCUT2D eigenvalue weighted by Gasteiger charge is -2.56. The predicted octanol–water partition coefficient (Wildman–Crippen LogP) is 4.77. The second-order valence-electron chi connectivity index (χ2n) is 9.26. The summed E-state index contributed by atoms with van der Waals surface area (Å²) in [5.41, 5.74) is 0.0381. The molecule has 176 valence electrons. The fourth-order valence-electron chi connectivity index (χ4n) is 5.29. The van der Waals surface area contributed by atoms with Crippen molar-refractivity contribution in [1.82, 2.24) is 10.6 Å². The first-order valence-electron chi connectivity index (χ1n) is 11.1. The van der Waals surface area contributed by atoms with Crippen molar-refractivity contribution < 1.29 is 23.1 Å². The van der Waals surface area contributed by atoms with Crippen LogP contribution in [0.1, 0.15) is 44.6 Å². The van der Waals surface area contributed by atoms with E-state index < -0.39 is 11.2 Å². The van der Waals surface area contributed by atoms with Crippen molar-refractivity contribution in [2.24, 2.45) is 11.3 Å². The first-order valence-corrected chi connectivity index (χ1v) is 11.5. The summed E-state index contributed by atoms with van der Waals surface area (Å²) in [5.74, 6) is -0.821. The zero-order valence-electron chi connectivity index (χ0n) is 18.4. The maximum absolute atomic E-state index is 13.5. The average molecular weight is 477 g/mol. The SMILES string of the molecule is CC1CC2(NC(=O)COc3ccc(Cl)c(F)c3)CCC1(C(=O)NCc1ccc(F)cc1)CC2. The van der Waals surface area contributed by atoms with Crippen LogP contribution in [0.5, 0.6) is 5.75 Å². The Balaban J connectivity index is 1.31. The number of nitrogens with one attached hydrogen (secondary N) is 2. The molecule has 0 heterocycles. The number of hydrogen-bond donors (Lipinski definition) is 2. The topological polar surface area (TPSA) is 67.4 Å². The number of benzene rings is 2. The third kappa shape index (κ3) is 4.98. The molecule has 8 heteroatoms. The highest BCUT2D eigenvalue weighted by Crippen LogP contribution is 2.55. The molecule has 1 atom stereocenters. The molecule has 33 heavy (non-hydrogen) atoms. The number of carbonyl (C=O) groups excluding carboxylic acids is 2. The first kappa shape index (κ1) is 23.5. The molecule has 3 saturated carbocycles. The highest BCUT2D eigenvalue weighted by Gasteiger charge is 2.56. The van der Waals surface area contributed by atoms with E-state index in [0.29, 0.717) is 38.6 Å². The lowest BCUT2D eigenvalue weighted by molar-refractivity contribution is -0.146. The van der Waals surface area contributed by atoms with Gasteiger partial charge >= 0.3 is 0 Å². The molecule has 3 aliphatic rings. The van der Waals surface area contributed by atoms with Gasteiger partial charge in [-0.2, -0.15) is 0 Å². The maximum atomic E-state index is 13.5. The van der Waals surface area contributed by atoms with Gasteiger partial charge in [-0.25, -0.2) is 8.78 Å². The van der Waals surface area contributed by atoms with E-state index >= 15 is 0 Å². The van der Waals surface area contributed by atoms with Crippen molar-refractivity contribution in [3.63, 3.8) is 0 Å². The lowest BCUT2D eigenvalue weighted by atomic mass is 9.52. The van der Waals surface area contributed by atoms with Gasteiger partial charge < -0.3 is 15.4 Å². The molecule has 0 aromatic heterocycles. The Hall–Kier alpha value is -2.67. The van der Waals surface area contributed by atoms with Gasteiger partial charge in [-0.3, -0.25) is 9.59 Å². The Morgan fingerprint density at radius 2 is 1.79 bits per heavy atom. The van der Waals surface area contributed by atoms with E-state index in [4.69, 9.17) is 16.3 Å². The van der Waals surface area contributed by atoms with Crippen LogP contribution in [0.25, 0.3) is 0 Å².